The SMILES string of the molecule is COc1ccc([C@@H](N)CN)cc1C(F)(F)F. The van der Waals surface area contributed by atoms with Gasteiger partial charge >= 0.3 is 6.18 Å². The van der Waals surface area contributed by atoms with Crippen molar-refractivity contribution in [3.63, 3.8) is 0 Å². The molecule has 0 saturated heterocycles. The van der Waals surface area contributed by atoms with Crippen molar-refractivity contribution in [3.8, 4) is 5.75 Å². The molecule has 0 bridgehead atoms. The van der Waals surface area contributed by atoms with E-state index in [1.165, 1.54) is 19.2 Å². The predicted octanol–water partition coefficient (Wildman–Crippen LogP) is 1.67. The van der Waals surface area contributed by atoms with E-state index in [0.29, 0.717) is 5.56 Å². The fourth-order valence-corrected chi connectivity index (χ4v) is 1.31. The Balaban J connectivity index is 3.22. The van der Waals surface area contributed by atoms with Crippen LogP contribution in [0.1, 0.15) is 17.2 Å². The summed E-state index contributed by atoms with van der Waals surface area (Å²) in [7, 11) is 1.19. The largest absolute Gasteiger partial charge is 0.496 e. The van der Waals surface area contributed by atoms with Crippen LogP contribution in [0.4, 0.5) is 13.2 Å². The smallest absolute Gasteiger partial charge is 0.419 e. The van der Waals surface area contributed by atoms with Crippen molar-refractivity contribution in [1.29, 1.82) is 0 Å². The summed E-state index contributed by atoms with van der Waals surface area (Å²) in [5.41, 5.74) is 10.4. The number of hydrogen-bond acceptors (Lipinski definition) is 3. The van der Waals surface area contributed by atoms with Gasteiger partial charge in [0.1, 0.15) is 5.75 Å². The van der Waals surface area contributed by atoms with E-state index >= 15 is 0 Å². The quantitative estimate of drug-likeness (QED) is 0.836. The molecule has 1 aromatic rings. The van der Waals surface area contributed by atoms with Crippen LogP contribution in [0.3, 0.4) is 0 Å². The zero-order valence-electron chi connectivity index (χ0n) is 8.71. The van der Waals surface area contributed by atoms with E-state index in [4.69, 9.17) is 11.5 Å². The highest BCUT2D eigenvalue weighted by atomic mass is 19.4. The zero-order chi connectivity index (χ0) is 12.3. The molecule has 6 heteroatoms. The minimum atomic E-state index is -4.46. The first kappa shape index (κ1) is 12.8. The topological polar surface area (TPSA) is 61.3 Å². The lowest BCUT2D eigenvalue weighted by molar-refractivity contribution is -0.138. The first-order valence-corrected chi connectivity index (χ1v) is 4.61. The van der Waals surface area contributed by atoms with Gasteiger partial charge in [-0.15, -0.1) is 0 Å². The average molecular weight is 234 g/mol. The molecule has 90 valence electrons. The molecule has 0 aliphatic heterocycles. The van der Waals surface area contributed by atoms with Crippen LogP contribution in [0, 0.1) is 0 Å². The van der Waals surface area contributed by atoms with Crippen LogP contribution in [0.2, 0.25) is 0 Å². The summed E-state index contributed by atoms with van der Waals surface area (Å²) >= 11 is 0. The monoisotopic (exact) mass is 234 g/mol. The van der Waals surface area contributed by atoms with E-state index in [0.717, 1.165) is 6.07 Å². The fourth-order valence-electron chi connectivity index (χ4n) is 1.31. The van der Waals surface area contributed by atoms with Gasteiger partial charge in [0.05, 0.1) is 12.7 Å². The highest BCUT2D eigenvalue weighted by Gasteiger charge is 2.34. The van der Waals surface area contributed by atoms with Gasteiger partial charge in [-0.25, -0.2) is 0 Å². The third-order valence-corrected chi connectivity index (χ3v) is 2.21. The summed E-state index contributed by atoms with van der Waals surface area (Å²) in [5.74, 6) is -0.222. The molecule has 0 spiro atoms. The molecule has 0 aliphatic rings. The molecule has 0 fully saturated rings. The second-order valence-corrected chi connectivity index (χ2v) is 3.30. The van der Waals surface area contributed by atoms with Gasteiger partial charge in [-0.1, -0.05) is 6.07 Å². The lowest BCUT2D eigenvalue weighted by atomic mass is 10.0. The van der Waals surface area contributed by atoms with Crippen LogP contribution in [0.15, 0.2) is 18.2 Å². The third-order valence-electron chi connectivity index (χ3n) is 2.21. The minimum absolute atomic E-state index is 0.0869. The molecule has 0 heterocycles. The molecule has 1 rings (SSSR count). The van der Waals surface area contributed by atoms with Gasteiger partial charge in [-0.2, -0.15) is 13.2 Å². The van der Waals surface area contributed by atoms with Crippen molar-refractivity contribution in [1.82, 2.24) is 0 Å². The molecule has 0 unspecified atom stereocenters. The fraction of sp³-hybridized carbons (Fsp3) is 0.400. The number of halogens is 3. The molecule has 0 aliphatic carbocycles. The summed E-state index contributed by atoms with van der Waals surface area (Å²) < 4.78 is 42.5. The summed E-state index contributed by atoms with van der Waals surface area (Å²) in [6.45, 7) is 0.0869. The molecule has 3 nitrogen and oxygen atoms in total. The van der Waals surface area contributed by atoms with Crippen LogP contribution in [0.5, 0.6) is 5.75 Å². The lowest BCUT2D eigenvalue weighted by Gasteiger charge is -2.15. The summed E-state index contributed by atoms with van der Waals surface area (Å²) in [6.07, 6.45) is -4.46. The number of benzene rings is 1. The maximum Gasteiger partial charge on any atom is 0.419 e. The number of methoxy groups -OCH3 is 1. The predicted molar refractivity (Wildman–Crippen MR) is 54.0 cm³/mol. The normalized spacial score (nSPS) is 13.6. The Kier molecular flexibility index (Phi) is 3.77. The maximum absolute atomic E-state index is 12.6. The second kappa shape index (κ2) is 4.71. The molecule has 4 N–H and O–H groups in total. The molecule has 0 amide bonds. The zero-order valence-corrected chi connectivity index (χ0v) is 8.71. The first-order valence-electron chi connectivity index (χ1n) is 4.61. The van der Waals surface area contributed by atoms with Crippen LogP contribution in [-0.2, 0) is 6.18 Å². The van der Waals surface area contributed by atoms with Gasteiger partial charge in [0.15, 0.2) is 0 Å². The first-order chi connectivity index (χ1) is 7.40. The van der Waals surface area contributed by atoms with E-state index < -0.39 is 17.8 Å². The van der Waals surface area contributed by atoms with Crippen LogP contribution < -0.4 is 16.2 Å². The number of alkyl halides is 3. The van der Waals surface area contributed by atoms with Gasteiger partial charge in [-0.05, 0) is 17.7 Å². The van der Waals surface area contributed by atoms with Crippen molar-refractivity contribution in [3.05, 3.63) is 29.3 Å². The molecule has 0 aromatic heterocycles. The summed E-state index contributed by atoms with van der Waals surface area (Å²) in [5, 5.41) is 0. The lowest BCUT2D eigenvalue weighted by Crippen LogP contribution is -2.21. The number of ether oxygens (including phenoxy) is 1. The van der Waals surface area contributed by atoms with Crippen molar-refractivity contribution in [2.45, 2.75) is 12.2 Å². The van der Waals surface area contributed by atoms with Gasteiger partial charge in [0.25, 0.3) is 0 Å². The van der Waals surface area contributed by atoms with E-state index in [1.807, 2.05) is 0 Å². The van der Waals surface area contributed by atoms with E-state index in [-0.39, 0.29) is 12.3 Å². The number of nitrogens with two attached hydrogens (primary N) is 2. The summed E-state index contributed by atoms with van der Waals surface area (Å²) in [6, 6.07) is 3.09. The molecular weight excluding hydrogens is 221 g/mol. The van der Waals surface area contributed by atoms with Gasteiger partial charge < -0.3 is 16.2 Å². The Labute approximate surface area is 91.2 Å². The Morgan fingerprint density at radius 3 is 2.44 bits per heavy atom. The van der Waals surface area contributed by atoms with Crippen LogP contribution in [-0.4, -0.2) is 13.7 Å². The minimum Gasteiger partial charge on any atom is -0.496 e. The second-order valence-electron chi connectivity index (χ2n) is 3.30. The highest BCUT2D eigenvalue weighted by Crippen LogP contribution is 2.37. The van der Waals surface area contributed by atoms with Crippen molar-refractivity contribution < 1.29 is 17.9 Å². The molecule has 0 radical (unpaired) electrons. The van der Waals surface area contributed by atoms with Gasteiger partial charge in [0.2, 0.25) is 0 Å². The standard InChI is InChI=1S/C10H13F3N2O/c1-16-9-3-2-6(8(15)5-14)4-7(9)10(11,12)13/h2-4,8H,5,14-15H2,1H3/t8-/m0/s1. The molecular formula is C10H13F3N2O. The Hall–Kier alpha value is -1.27. The third kappa shape index (κ3) is 2.65. The van der Waals surface area contributed by atoms with Crippen LogP contribution >= 0.6 is 0 Å². The van der Waals surface area contributed by atoms with E-state index in [1.54, 1.807) is 0 Å². The van der Waals surface area contributed by atoms with E-state index in [2.05, 4.69) is 4.74 Å². The number of rotatable bonds is 3. The van der Waals surface area contributed by atoms with Gasteiger partial charge in [-0.3, -0.25) is 0 Å². The maximum atomic E-state index is 12.6. The molecule has 1 atom stereocenters. The highest BCUT2D eigenvalue weighted by molar-refractivity contribution is 5.40. The van der Waals surface area contributed by atoms with E-state index in [9.17, 15) is 13.2 Å². The molecule has 0 saturated carbocycles. The molecule has 1 aromatic carbocycles. The van der Waals surface area contributed by atoms with Crippen molar-refractivity contribution in [2.24, 2.45) is 11.5 Å². The van der Waals surface area contributed by atoms with Crippen molar-refractivity contribution >= 4 is 0 Å². The Morgan fingerprint density at radius 1 is 1.38 bits per heavy atom. The Bertz CT molecular complexity index is 366. The van der Waals surface area contributed by atoms with Crippen molar-refractivity contribution in [2.75, 3.05) is 13.7 Å². The Morgan fingerprint density at radius 2 is 2.00 bits per heavy atom. The van der Waals surface area contributed by atoms with Crippen LogP contribution in [0.25, 0.3) is 0 Å². The summed E-state index contributed by atoms with van der Waals surface area (Å²) in [4.78, 5) is 0. The number of hydrogen-bond donors (Lipinski definition) is 2. The van der Waals surface area contributed by atoms with Gasteiger partial charge in [0, 0.05) is 12.6 Å². The molecule has 16 heavy (non-hydrogen) atoms. The average Bonchev–Trinajstić information content (AvgIpc) is 2.26.